The van der Waals surface area contributed by atoms with Crippen molar-refractivity contribution < 1.29 is 5.11 Å². The van der Waals surface area contributed by atoms with Crippen LogP contribution in [0.2, 0.25) is 0 Å². The van der Waals surface area contributed by atoms with Crippen LogP contribution in [0.25, 0.3) is 0 Å². The SMILES string of the molecule is CC(C)(C)c1cc([C@H](N)CCCN)cc(C(C)(C)C)c1O. The molecule has 0 aliphatic heterocycles. The normalized spacial score (nSPS) is 14.3. The minimum absolute atomic E-state index is 0.0312. The van der Waals surface area contributed by atoms with Gasteiger partial charge in [0.25, 0.3) is 0 Å². The van der Waals surface area contributed by atoms with E-state index in [0.717, 1.165) is 29.5 Å². The van der Waals surface area contributed by atoms with Gasteiger partial charge in [0.15, 0.2) is 0 Å². The molecule has 0 aliphatic rings. The highest BCUT2D eigenvalue weighted by Gasteiger charge is 2.27. The van der Waals surface area contributed by atoms with Gasteiger partial charge in [-0.3, -0.25) is 0 Å². The summed E-state index contributed by atoms with van der Waals surface area (Å²) in [6.07, 6.45) is 1.78. The number of rotatable bonds is 4. The molecule has 1 aromatic carbocycles. The van der Waals surface area contributed by atoms with E-state index in [1.165, 1.54) is 0 Å². The van der Waals surface area contributed by atoms with Gasteiger partial charge in [0.05, 0.1) is 0 Å². The number of phenols is 1. The molecule has 0 radical (unpaired) electrons. The van der Waals surface area contributed by atoms with Crippen LogP contribution in [-0.2, 0) is 10.8 Å². The number of hydrogen-bond acceptors (Lipinski definition) is 3. The van der Waals surface area contributed by atoms with Crippen LogP contribution in [-0.4, -0.2) is 11.7 Å². The van der Waals surface area contributed by atoms with Crippen molar-refractivity contribution in [2.75, 3.05) is 6.54 Å². The van der Waals surface area contributed by atoms with E-state index in [2.05, 4.69) is 53.7 Å². The molecule has 21 heavy (non-hydrogen) atoms. The molecule has 1 atom stereocenters. The second kappa shape index (κ2) is 6.37. The average molecular weight is 292 g/mol. The van der Waals surface area contributed by atoms with E-state index in [-0.39, 0.29) is 16.9 Å². The maximum Gasteiger partial charge on any atom is 0.123 e. The molecular formula is C18H32N2O. The highest BCUT2D eigenvalue weighted by Crippen LogP contribution is 2.40. The van der Waals surface area contributed by atoms with Crippen LogP contribution in [0.1, 0.15) is 77.1 Å². The topological polar surface area (TPSA) is 72.3 Å². The lowest BCUT2D eigenvalue weighted by Gasteiger charge is -2.29. The predicted octanol–water partition coefficient (Wildman–Crippen LogP) is 3.73. The van der Waals surface area contributed by atoms with E-state index in [9.17, 15) is 5.11 Å². The zero-order chi connectivity index (χ0) is 16.4. The number of nitrogens with two attached hydrogens (primary N) is 2. The zero-order valence-corrected chi connectivity index (χ0v) is 14.5. The number of aromatic hydroxyl groups is 1. The third-order valence-corrected chi connectivity index (χ3v) is 3.90. The van der Waals surface area contributed by atoms with Gasteiger partial charge in [-0.15, -0.1) is 0 Å². The van der Waals surface area contributed by atoms with E-state index in [0.29, 0.717) is 12.3 Å². The summed E-state index contributed by atoms with van der Waals surface area (Å²) in [5.41, 5.74) is 14.7. The Morgan fingerprint density at radius 1 is 1.00 bits per heavy atom. The van der Waals surface area contributed by atoms with Crippen molar-refractivity contribution in [1.82, 2.24) is 0 Å². The van der Waals surface area contributed by atoms with Crippen molar-refractivity contribution >= 4 is 0 Å². The summed E-state index contributed by atoms with van der Waals surface area (Å²) in [4.78, 5) is 0. The zero-order valence-electron chi connectivity index (χ0n) is 14.5. The molecule has 1 aromatic rings. The molecular weight excluding hydrogens is 260 g/mol. The largest absolute Gasteiger partial charge is 0.507 e. The fourth-order valence-corrected chi connectivity index (χ4v) is 2.52. The van der Waals surface area contributed by atoms with Gasteiger partial charge in [-0.2, -0.15) is 0 Å². The van der Waals surface area contributed by atoms with Crippen molar-refractivity contribution in [3.8, 4) is 5.75 Å². The number of benzene rings is 1. The summed E-state index contributed by atoms with van der Waals surface area (Å²) in [6.45, 7) is 13.3. The Labute approximate surface area is 129 Å². The Balaban J connectivity index is 3.40. The van der Waals surface area contributed by atoms with E-state index in [1.807, 2.05) is 0 Å². The van der Waals surface area contributed by atoms with Gasteiger partial charge >= 0.3 is 0 Å². The van der Waals surface area contributed by atoms with Crippen molar-refractivity contribution in [1.29, 1.82) is 0 Å². The van der Waals surface area contributed by atoms with Crippen LogP contribution in [0, 0.1) is 0 Å². The first-order chi connectivity index (χ1) is 9.48. The Kier molecular flexibility index (Phi) is 5.46. The molecule has 0 spiro atoms. The van der Waals surface area contributed by atoms with Crippen molar-refractivity contribution in [2.24, 2.45) is 11.5 Å². The molecule has 0 amide bonds. The Hall–Kier alpha value is -1.06. The number of hydrogen-bond donors (Lipinski definition) is 3. The average Bonchev–Trinajstić information content (AvgIpc) is 2.33. The smallest absolute Gasteiger partial charge is 0.123 e. The van der Waals surface area contributed by atoms with Gasteiger partial charge in [0.1, 0.15) is 5.75 Å². The minimum atomic E-state index is -0.117. The Bertz CT molecular complexity index is 446. The quantitative estimate of drug-likeness (QED) is 0.792. The van der Waals surface area contributed by atoms with Gasteiger partial charge in [0, 0.05) is 6.04 Å². The van der Waals surface area contributed by atoms with E-state index in [1.54, 1.807) is 0 Å². The lowest BCUT2D eigenvalue weighted by atomic mass is 9.77. The molecule has 0 bridgehead atoms. The highest BCUT2D eigenvalue weighted by molar-refractivity contribution is 5.50. The fraction of sp³-hybridized carbons (Fsp3) is 0.667. The summed E-state index contributed by atoms with van der Waals surface area (Å²) in [6, 6.07) is 4.09. The lowest BCUT2D eigenvalue weighted by Crippen LogP contribution is -2.20. The van der Waals surface area contributed by atoms with Gasteiger partial charge in [-0.25, -0.2) is 0 Å². The van der Waals surface area contributed by atoms with Crippen molar-refractivity contribution in [3.05, 3.63) is 28.8 Å². The van der Waals surface area contributed by atoms with Crippen molar-refractivity contribution in [3.63, 3.8) is 0 Å². The molecule has 3 nitrogen and oxygen atoms in total. The Morgan fingerprint density at radius 2 is 1.43 bits per heavy atom. The summed E-state index contributed by atoms with van der Waals surface area (Å²) in [5, 5.41) is 10.7. The van der Waals surface area contributed by atoms with Crippen molar-refractivity contribution in [2.45, 2.75) is 71.3 Å². The summed E-state index contributed by atoms with van der Waals surface area (Å²) in [5.74, 6) is 0.407. The lowest BCUT2D eigenvalue weighted by molar-refractivity contribution is 0.422. The summed E-state index contributed by atoms with van der Waals surface area (Å²) < 4.78 is 0. The molecule has 120 valence electrons. The molecule has 0 fully saturated rings. The molecule has 0 aromatic heterocycles. The second-order valence-electron chi connectivity index (χ2n) is 8.00. The van der Waals surface area contributed by atoms with Gasteiger partial charge in [-0.05, 0) is 46.9 Å². The highest BCUT2D eigenvalue weighted by atomic mass is 16.3. The maximum absolute atomic E-state index is 10.7. The van der Waals surface area contributed by atoms with E-state index in [4.69, 9.17) is 11.5 Å². The molecule has 0 unspecified atom stereocenters. The summed E-state index contributed by atoms with van der Waals surface area (Å²) >= 11 is 0. The predicted molar refractivity (Wildman–Crippen MR) is 90.7 cm³/mol. The third-order valence-electron chi connectivity index (χ3n) is 3.90. The van der Waals surface area contributed by atoms with Crippen LogP contribution < -0.4 is 11.5 Å². The minimum Gasteiger partial charge on any atom is -0.507 e. The first-order valence-electron chi connectivity index (χ1n) is 7.82. The molecule has 1 rings (SSSR count). The maximum atomic E-state index is 10.7. The first kappa shape index (κ1) is 18.0. The second-order valence-corrected chi connectivity index (χ2v) is 8.00. The van der Waals surface area contributed by atoms with E-state index < -0.39 is 0 Å². The van der Waals surface area contributed by atoms with Gasteiger partial charge in [0.2, 0.25) is 0 Å². The first-order valence-corrected chi connectivity index (χ1v) is 7.82. The van der Waals surface area contributed by atoms with Crippen LogP contribution in [0.4, 0.5) is 0 Å². The summed E-state index contributed by atoms with van der Waals surface area (Å²) in [7, 11) is 0. The van der Waals surface area contributed by atoms with Gasteiger partial charge < -0.3 is 16.6 Å². The number of phenolic OH excluding ortho intramolecular Hbond substituents is 1. The molecule has 0 heterocycles. The Morgan fingerprint density at radius 3 is 1.76 bits per heavy atom. The van der Waals surface area contributed by atoms with Crippen LogP contribution in [0.5, 0.6) is 5.75 Å². The molecule has 0 aliphatic carbocycles. The monoisotopic (exact) mass is 292 g/mol. The molecule has 0 saturated heterocycles. The van der Waals surface area contributed by atoms with Gasteiger partial charge in [-0.1, -0.05) is 53.7 Å². The molecule has 3 heteroatoms. The molecule has 5 N–H and O–H groups in total. The van der Waals surface area contributed by atoms with Crippen LogP contribution in [0.3, 0.4) is 0 Å². The fourth-order valence-electron chi connectivity index (χ4n) is 2.52. The third kappa shape index (κ3) is 4.45. The van der Waals surface area contributed by atoms with Crippen LogP contribution in [0.15, 0.2) is 12.1 Å². The van der Waals surface area contributed by atoms with E-state index >= 15 is 0 Å². The standard InChI is InChI=1S/C18H32N2O/c1-17(2,3)13-10-12(15(20)8-7-9-19)11-14(16(13)21)18(4,5)6/h10-11,15,21H,7-9,19-20H2,1-6H3/t15-/m1/s1. The van der Waals surface area contributed by atoms with Crippen LogP contribution >= 0.6 is 0 Å². The molecule has 0 saturated carbocycles.